The van der Waals surface area contributed by atoms with Gasteiger partial charge < -0.3 is 19.9 Å². The van der Waals surface area contributed by atoms with Gasteiger partial charge >= 0.3 is 12.1 Å². The van der Waals surface area contributed by atoms with Crippen LogP contribution in [0.3, 0.4) is 0 Å². The van der Waals surface area contributed by atoms with E-state index in [1.807, 2.05) is 0 Å². The largest absolute Gasteiger partial charge is 0.481 e. The minimum absolute atomic E-state index is 0.0545. The van der Waals surface area contributed by atoms with Gasteiger partial charge in [-0.3, -0.25) is 4.79 Å². The monoisotopic (exact) mass is 273 g/mol. The van der Waals surface area contributed by atoms with Crippen LogP contribution in [0.5, 0.6) is 0 Å². The number of amides is 1. The lowest BCUT2D eigenvalue weighted by Gasteiger charge is -2.31. The van der Waals surface area contributed by atoms with Gasteiger partial charge in [0.15, 0.2) is 0 Å². The molecule has 1 rings (SSSR count). The first-order valence-corrected chi connectivity index (χ1v) is 6.54. The first kappa shape index (κ1) is 15.8. The van der Waals surface area contributed by atoms with Gasteiger partial charge in [0.2, 0.25) is 0 Å². The van der Waals surface area contributed by atoms with Crippen molar-refractivity contribution in [3.63, 3.8) is 0 Å². The lowest BCUT2D eigenvalue weighted by molar-refractivity contribution is -0.140. The molecule has 1 saturated heterocycles. The highest BCUT2D eigenvalue weighted by molar-refractivity contribution is 5.68. The van der Waals surface area contributed by atoms with Crippen LogP contribution in [0.25, 0.3) is 0 Å². The molecule has 6 heteroatoms. The van der Waals surface area contributed by atoms with Crippen molar-refractivity contribution in [1.29, 1.82) is 0 Å². The third-order valence-corrected chi connectivity index (χ3v) is 2.98. The molecule has 0 aromatic rings. The molecule has 1 amide bonds. The Kier molecular flexibility index (Phi) is 5.60. The number of carbonyl (C=O) groups is 2. The molecular formula is C13H23NO5. The Hall–Kier alpha value is -1.30. The van der Waals surface area contributed by atoms with E-state index in [1.54, 1.807) is 20.8 Å². The van der Waals surface area contributed by atoms with Crippen LogP contribution >= 0.6 is 0 Å². The van der Waals surface area contributed by atoms with E-state index in [4.69, 9.17) is 14.6 Å². The predicted octanol–water partition coefficient (Wildman–Crippen LogP) is 1.64. The van der Waals surface area contributed by atoms with Crippen molar-refractivity contribution < 1.29 is 24.2 Å². The van der Waals surface area contributed by atoms with Gasteiger partial charge in [-0.2, -0.15) is 0 Å². The molecule has 2 atom stereocenters. The summed E-state index contributed by atoms with van der Waals surface area (Å²) in [4.78, 5) is 22.3. The smallest absolute Gasteiger partial charge is 0.407 e. The fourth-order valence-electron chi connectivity index (χ4n) is 2.09. The zero-order valence-electron chi connectivity index (χ0n) is 11.8. The fourth-order valence-corrected chi connectivity index (χ4v) is 2.09. The molecule has 6 nitrogen and oxygen atoms in total. The number of hydrogen-bond acceptors (Lipinski definition) is 4. The average Bonchev–Trinajstić information content (AvgIpc) is 2.24. The van der Waals surface area contributed by atoms with Gasteiger partial charge in [-0.15, -0.1) is 0 Å². The number of nitrogens with one attached hydrogen (secondary N) is 1. The zero-order chi connectivity index (χ0) is 14.5. The molecule has 1 aliphatic heterocycles. The first-order chi connectivity index (χ1) is 8.78. The number of aliphatic carboxylic acids is 1. The van der Waals surface area contributed by atoms with Crippen molar-refractivity contribution in [2.24, 2.45) is 11.8 Å². The van der Waals surface area contributed by atoms with Gasteiger partial charge in [0.25, 0.3) is 0 Å². The highest BCUT2D eigenvalue weighted by Gasteiger charge is 2.28. The van der Waals surface area contributed by atoms with Crippen molar-refractivity contribution in [3.8, 4) is 0 Å². The molecule has 0 aromatic heterocycles. The third kappa shape index (κ3) is 6.42. The molecule has 0 radical (unpaired) electrons. The second kappa shape index (κ2) is 6.75. The van der Waals surface area contributed by atoms with Crippen molar-refractivity contribution in [2.45, 2.75) is 39.2 Å². The Morgan fingerprint density at radius 3 is 2.63 bits per heavy atom. The summed E-state index contributed by atoms with van der Waals surface area (Å²) in [6.07, 6.45) is 0.363. The Balaban J connectivity index is 2.40. The van der Waals surface area contributed by atoms with Crippen LogP contribution in [-0.2, 0) is 14.3 Å². The molecule has 110 valence electrons. The van der Waals surface area contributed by atoms with Crippen LogP contribution in [0.4, 0.5) is 4.79 Å². The molecule has 0 saturated carbocycles. The zero-order valence-corrected chi connectivity index (χ0v) is 11.8. The van der Waals surface area contributed by atoms with E-state index in [0.29, 0.717) is 19.8 Å². The molecule has 1 fully saturated rings. The summed E-state index contributed by atoms with van der Waals surface area (Å²) in [5, 5.41) is 11.5. The van der Waals surface area contributed by atoms with E-state index in [1.165, 1.54) is 0 Å². The highest BCUT2D eigenvalue weighted by Crippen LogP contribution is 2.24. The summed E-state index contributed by atoms with van der Waals surface area (Å²) >= 11 is 0. The van der Waals surface area contributed by atoms with Crippen LogP contribution in [0.2, 0.25) is 0 Å². The van der Waals surface area contributed by atoms with Crippen LogP contribution in [0.1, 0.15) is 33.6 Å². The highest BCUT2D eigenvalue weighted by atomic mass is 16.6. The summed E-state index contributed by atoms with van der Waals surface area (Å²) in [6.45, 7) is 6.87. The first-order valence-electron chi connectivity index (χ1n) is 6.54. The molecular weight excluding hydrogens is 250 g/mol. The van der Waals surface area contributed by atoms with E-state index in [0.717, 1.165) is 6.42 Å². The summed E-state index contributed by atoms with van der Waals surface area (Å²) in [6, 6.07) is 0. The molecule has 0 spiro atoms. The molecule has 19 heavy (non-hydrogen) atoms. The van der Waals surface area contributed by atoms with Crippen molar-refractivity contribution >= 4 is 12.1 Å². The van der Waals surface area contributed by atoms with E-state index < -0.39 is 17.7 Å². The number of carbonyl (C=O) groups excluding carboxylic acids is 1. The van der Waals surface area contributed by atoms with Crippen LogP contribution in [0.15, 0.2) is 0 Å². The second-order valence-corrected chi connectivity index (χ2v) is 5.86. The van der Waals surface area contributed by atoms with Gasteiger partial charge in [0.05, 0.1) is 13.0 Å². The summed E-state index contributed by atoms with van der Waals surface area (Å²) in [5.74, 6) is -0.767. The summed E-state index contributed by atoms with van der Waals surface area (Å²) in [7, 11) is 0. The van der Waals surface area contributed by atoms with Crippen LogP contribution in [-0.4, -0.2) is 42.5 Å². The summed E-state index contributed by atoms with van der Waals surface area (Å²) in [5.41, 5.74) is -0.528. The van der Waals surface area contributed by atoms with Crippen molar-refractivity contribution in [1.82, 2.24) is 5.32 Å². The maximum Gasteiger partial charge on any atom is 0.407 e. The fraction of sp³-hybridized carbons (Fsp3) is 0.846. The lowest BCUT2D eigenvalue weighted by Crippen LogP contribution is -2.40. The van der Waals surface area contributed by atoms with Crippen LogP contribution < -0.4 is 5.32 Å². The Labute approximate surface area is 113 Å². The van der Waals surface area contributed by atoms with Crippen LogP contribution in [0, 0.1) is 11.8 Å². The molecule has 0 unspecified atom stereocenters. The van der Waals surface area contributed by atoms with Crippen molar-refractivity contribution in [2.75, 3.05) is 19.8 Å². The van der Waals surface area contributed by atoms with Gasteiger partial charge in [-0.1, -0.05) is 0 Å². The molecule has 0 aliphatic carbocycles. The van der Waals surface area contributed by atoms with Gasteiger partial charge in [0.1, 0.15) is 5.60 Å². The number of rotatable bonds is 4. The number of ether oxygens (including phenoxy) is 2. The van der Waals surface area contributed by atoms with E-state index in [-0.39, 0.29) is 18.3 Å². The maximum atomic E-state index is 11.5. The molecule has 0 bridgehead atoms. The number of carboxylic acids is 1. The topological polar surface area (TPSA) is 84.9 Å². The standard InChI is InChI=1S/C13H23NO5/c1-13(2,3)19-12(17)14-7-9-4-5-18-8-10(9)6-11(15)16/h9-10H,4-8H2,1-3H3,(H,14,17)(H,15,16)/t9-,10-/m0/s1. The number of hydrogen-bond donors (Lipinski definition) is 2. The maximum absolute atomic E-state index is 11.5. The molecule has 2 N–H and O–H groups in total. The normalized spacial score (nSPS) is 23.7. The SMILES string of the molecule is CC(C)(C)OC(=O)NC[C@@H]1CCOC[C@@H]1CC(=O)O. The molecule has 1 aliphatic rings. The number of carboxylic acid groups (broad SMARTS) is 1. The Bertz CT molecular complexity index is 323. The summed E-state index contributed by atoms with van der Waals surface area (Å²) < 4.78 is 10.4. The number of alkyl carbamates (subject to hydrolysis) is 1. The van der Waals surface area contributed by atoms with E-state index in [9.17, 15) is 9.59 Å². The second-order valence-electron chi connectivity index (χ2n) is 5.86. The van der Waals surface area contributed by atoms with Gasteiger partial charge in [-0.05, 0) is 39.0 Å². The minimum Gasteiger partial charge on any atom is -0.481 e. The van der Waals surface area contributed by atoms with Gasteiger partial charge in [-0.25, -0.2) is 4.79 Å². The minimum atomic E-state index is -0.835. The third-order valence-electron chi connectivity index (χ3n) is 2.98. The molecule has 1 heterocycles. The molecule has 0 aromatic carbocycles. The quantitative estimate of drug-likeness (QED) is 0.813. The van der Waals surface area contributed by atoms with Crippen molar-refractivity contribution in [3.05, 3.63) is 0 Å². The Morgan fingerprint density at radius 1 is 1.37 bits per heavy atom. The average molecular weight is 273 g/mol. The van der Waals surface area contributed by atoms with E-state index >= 15 is 0 Å². The van der Waals surface area contributed by atoms with E-state index in [2.05, 4.69) is 5.32 Å². The predicted molar refractivity (Wildman–Crippen MR) is 68.9 cm³/mol. The lowest BCUT2D eigenvalue weighted by atomic mass is 9.86. The Morgan fingerprint density at radius 2 is 2.05 bits per heavy atom. The van der Waals surface area contributed by atoms with Gasteiger partial charge in [0, 0.05) is 13.2 Å².